The summed E-state index contributed by atoms with van der Waals surface area (Å²) in [5.74, 6) is -0.205. The second-order valence-corrected chi connectivity index (χ2v) is 4.61. The number of nitrogens with zero attached hydrogens (tertiary/aromatic N) is 2. The molecule has 112 valence electrons. The highest BCUT2D eigenvalue weighted by Gasteiger charge is 2.34. The van der Waals surface area contributed by atoms with E-state index in [0.717, 1.165) is 6.07 Å². The summed E-state index contributed by atoms with van der Waals surface area (Å²) in [6.07, 6.45) is -4.56. The molecule has 2 rings (SSSR count). The Kier molecular flexibility index (Phi) is 4.22. The van der Waals surface area contributed by atoms with Crippen LogP contribution in [-0.2, 0) is 12.6 Å². The van der Waals surface area contributed by atoms with E-state index in [1.165, 1.54) is 7.11 Å². The third-order valence-electron chi connectivity index (χ3n) is 2.74. The van der Waals surface area contributed by atoms with Crippen LogP contribution in [0.3, 0.4) is 0 Å². The first-order valence-corrected chi connectivity index (χ1v) is 6.21. The predicted octanol–water partition coefficient (Wildman–Crippen LogP) is 3.33. The van der Waals surface area contributed by atoms with E-state index in [9.17, 15) is 13.2 Å². The molecule has 21 heavy (non-hydrogen) atoms. The highest BCUT2D eigenvalue weighted by molar-refractivity contribution is 6.33. The molecule has 4 nitrogen and oxygen atoms in total. The van der Waals surface area contributed by atoms with Crippen LogP contribution in [0.5, 0.6) is 5.88 Å². The van der Waals surface area contributed by atoms with E-state index in [1.807, 2.05) is 0 Å². The van der Waals surface area contributed by atoms with Gasteiger partial charge in [-0.2, -0.15) is 18.2 Å². The van der Waals surface area contributed by atoms with Crippen LogP contribution in [0.2, 0.25) is 5.02 Å². The van der Waals surface area contributed by atoms with Crippen molar-refractivity contribution in [3.8, 4) is 5.88 Å². The number of nitrogen functional groups attached to an aromatic ring is 1. The summed E-state index contributed by atoms with van der Waals surface area (Å²) in [6, 6.07) is 5.63. The molecular formula is C13H11ClF3N3O. The first kappa shape index (κ1) is 15.4. The highest BCUT2D eigenvalue weighted by atomic mass is 35.5. The van der Waals surface area contributed by atoms with Gasteiger partial charge >= 0.3 is 6.18 Å². The van der Waals surface area contributed by atoms with Crippen molar-refractivity contribution in [2.75, 3.05) is 12.8 Å². The molecule has 0 amide bonds. The van der Waals surface area contributed by atoms with Gasteiger partial charge in [0.25, 0.3) is 0 Å². The second-order valence-electron chi connectivity index (χ2n) is 4.20. The summed E-state index contributed by atoms with van der Waals surface area (Å²) in [5.41, 5.74) is 5.56. The van der Waals surface area contributed by atoms with Gasteiger partial charge in [-0.15, -0.1) is 0 Å². The van der Waals surface area contributed by atoms with Crippen LogP contribution in [0.4, 0.5) is 18.9 Å². The molecule has 1 heterocycles. The molecule has 0 saturated carbocycles. The normalized spacial score (nSPS) is 11.5. The van der Waals surface area contributed by atoms with Gasteiger partial charge in [0.1, 0.15) is 5.82 Å². The first-order valence-electron chi connectivity index (χ1n) is 5.83. The van der Waals surface area contributed by atoms with Crippen molar-refractivity contribution in [3.63, 3.8) is 0 Å². The number of rotatable bonds is 3. The number of hydrogen-bond acceptors (Lipinski definition) is 4. The van der Waals surface area contributed by atoms with Crippen LogP contribution in [0.25, 0.3) is 0 Å². The summed E-state index contributed by atoms with van der Waals surface area (Å²) in [4.78, 5) is 7.40. The van der Waals surface area contributed by atoms with Crippen molar-refractivity contribution in [1.29, 1.82) is 0 Å². The lowest BCUT2D eigenvalue weighted by molar-refractivity contribution is -0.141. The van der Waals surface area contributed by atoms with Gasteiger partial charge in [0.2, 0.25) is 5.88 Å². The Hall–Kier alpha value is -2.02. The van der Waals surface area contributed by atoms with E-state index in [0.29, 0.717) is 16.3 Å². The van der Waals surface area contributed by atoms with Crippen LogP contribution in [0, 0.1) is 0 Å². The van der Waals surface area contributed by atoms with Gasteiger partial charge in [0, 0.05) is 12.5 Å². The zero-order valence-electron chi connectivity index (χ0n) is 10.9. The molecule has 0 saturated heterocycles. The van der Waals surface area contributed by atoms with Crippen molar-refractivity contribution < 1.29 is 17.9 Å². The van der Waals surface area contributed by atoms with E-state index in [4.69, 9.17) is 22.1 Å². The largest absolute Gasteiger partial charge is 0.481 e. The van der Waals surface area contributed by atoms with E-state index in [-0.39, 0.29) is 18.1 Å². The second kappa shape index (κ2) is 5.77. The Bertz CT molecular complexity index is 662. The van der Waals surface area contributed by atoms with Crippen molar-refractivity contribution in [2.24, 2.45) is 0 Å². The van der Waals surface area contributed by atoms with Gasteiger partial charge in [-0.3, -0.25) is 0 Å². The summed E-state index contributed by atoms with van der Waals surface area (Å²) in [5, 5.41) is 0.325. The number of anilines is 1. The number of nitrogens with two attached hydrogens (primary N) is 1. The minimum Gasteiger partial charge on any atom is -0.481 e. The SMILES string of the molecule is COc1cc(C(F)(F)F)nc(Cc2cccc(Cl)c2N)n1. The molecular weight excluding hydrogens is 307 g/mol. The van der Waals surface area contributed by atoms with Gasteiger partial charge in [-0.05, 0) is 11.6 Å². The van der Waals surface area contributed by atoms with Crippen LogP contribution in [-0.4, -0.2) is 17.1 Å². The highest BCUT2D eigenvalue weighted by Crippen LogP contribution is 2.30. The van der Waals surface area contributed by atoms with Gasteiger partial charge < -0.3 is 10.5 Å². The maximum absolute atomic E-state index is 12.8. The van der Waals surface area contributed by atoms with Gasteiger partial charge in [0.05, 0.1) is 17.8 Å². The molecule has 0 aliphatic carbocycles. The Labute approximate surface area is 123 Å². The van der Waals surface area contributed by atoms with Gasteiger partial charge in [0.15, 0.2) is 5.69 Å². The Morgan fingerprint density at radius 2 is 2.00 bits per heavy atom. The standard InChI is InChI=1S/C13H11ClF3N3O/c1-21-11-6-9(13(15,16)17)19-10(20-11)5-7-3-2-4-8(14)12(7)18/h2-4,6H,5,18H2,1H3. The molecule has 0 atom stereocenters. The zero-order valence-corrected chi connectivity index (χ0v) is 11.7. The van der Waals surface area contributed by atoms with Crippen LogP contribution >= 0.6 is 11.6 Å². The number of ether oxygens (including phenoxy) is 1. The average molecular weight is 318 g/mol. The summed E-state index contributed by atoms with van der Waals surface area (Å²) >= 11 is 5.87. The first-order chi connectivity index (χ1) is 9.81. The number of hydrogen-bond donors (Lipinski definition) is 1. The Morgan fingerprint density at radius 3 is 2.62 bits per heavy atom. The van der Waals surface area contributed by atoms with Gasteiger partial charge in [-0.1, -0.05) is 23.7 Å². The number of methoxy groups -OCH3 is 1. The average Bonchev–Trinajstić information content (AvgIpc) is 2.42. The lowest BCUT2D eigenvalue weighted by atomic mass is 10.1. The molecule has 1 aromatic heterocycles. The van der Waals surface area contributed by atoms with E-state index in [1.54, 1.807) is 18.2 Å². The molecule has 2 aromatic rings. The van der Waals surface area contributed by atoms with Crippen LogP contribution < -0.4 is 10.5 Å². The van der Waals surface area contributed by atoms with Crippen molar-refractivity contribution in [1.82, 2.24) is 9.97 Å². The fraction of sp³-hybridized carbons (Fsp3) is 0.231. The maximum atomic E-state index is 12.8. The third kappa shape index (κ3) is 3.55. The number of para-hydroxylation sites is 1. The lowest BCUT2D eigenvalue weighted by Gasteiger charge is -2.11. The molecule has 0 radical (unpaired) electrons. The fourth-order valence-corrected chi connectivity index (χ4v) is 1.90. The van der Waals surface area contributed by atoms with Crippen molar-refractivity contribution in [3.05, 3.63) is 46.4 Å². The van der Waals surface area contributed by atoms with E-state index in [2.05, 4.69) is 9.97 Å². The minimum atomic E-state index is -4.58. The lowest BCUT2D eigenvalue weighted by Crippen LogP contribution is -2.12. The van der Waals surface area contributed by atoms with E-state index < -0.39 is 11.9 Å². The molecule has 0 unspecified atom stereocenters. The molecule has 0 spiro atoms. The van der Waals surface area contributed by atoms with Crippen LogP contribution in [0.15, 0.2) is 24.3 Å². The molecule has 0 aliphatic rings. The molecule has 8 heteroatoms. The van der Waals surface area contributed by atoms with Crippen LogP contribution in [0.1, 0.15) is 17.1 Å². The number of halogens is 4. The zero-order chi connectivity index (χ0) is 15.6. The Balaban J connectivity index is 2.42. The quantitative estimate of drug-likeness (QED) is 0.882. The van der Waals surface area contributed by atoms with Crippen molar-refractivity contribution in [2.45, 2.75) is 12.6 Å². The third-order valence-corrected chi connectivity index (χ3v) is 3.07. The van der Waals surface area contributed by atoms with Crippen molar-refractivity contribution >= 4 is 17.3 Å². The number of alkyl halides is 3. The number of aromatic nitrogens is 2. The predicted molar refractivity (Wildman–Crippen MR) is 72.3 cm³/mol. The van der Waals surface area contributed by atoms with Gasteiger partial charge in [-0.25, -0.2) is 4.98 Å². The summed E-state index contributed by atoms with van der Waals surface area (Å²) in [6.45, 7) is 0. The number of benzene rings is 1. The topological polar surface area (TPSA) is 61.0 Å². The molecule has 0 bridgehead atoms. The minimum absolute atomic E-state index is 0.0205. The van der Waals surface area contributed by atoms with E-state index >= 15 is 0 Å². The molecule has 0 aliphatic heterocycles. The maximum Gasteiger partial charge on any atom is 0.433 e. The molecule has 0 fully saturated rings. The smallest absolute Gasteiger partial charge is 0.433 e. The summed E-state index contributed by atoms with van der Waals surface area (Å²) in [7, 11) is 1.24. The summed E-state index contributed by atoms with van der Waals surface area (Å²) < 4.78 is 43.1. The Morgan fingerprint density at radius 1 is 1.29 bits per heavy atom. The fourth-order valence-electron chi connectivity index (χ4n) is 1.71. The monoisotopic (exact) mass is 317 g/mol. The molecule has 1 aromatic carbocycles. The molecule has 2 N–H and O–H groups in total.